The van der Waals surface area contributed by atoms with Crippen molar-refractivity contribution in [3.63, 3.8) is 0 Å². The van der Waals surface area contributed by atoms with Gasteiger partial charge in [0, 0.05) is 25.1 Å². The van der Waals surface area contributed by atoms with Gasteiger partial charge in [0.05, 0.1) is 5.56 Å². The number of alkyl carbamates (subject to hydrolysis) is 1. The minimum Gasteiger partial charge on any atom is -0.449 e. The maximum Gasteiger partial charge on any atom is 0.416 e. The molecule has 7 heteroatoms. The van der Waals surface area contributed by atoms with Crippen LogP contribution >= 0.6 is 0 Å². The minimum atomic E-state index is -4.44. The van der Waals surface area contributed by atoms with Crippen LogP contribution in [0.1, 0.15) is 34.7 Å². The number of carbonyl (C=O) groups is 1. The Bertz CT molecular complexity index is 1150. The number of hydrogen-bond acceptors (Lipinski definition) is 3. The predicted molar refractivity (Wildman–Crippen MR) is 114 cm³/mol. The van der Waals surface area contributed by atoms with Crippen molar-refractivity contribution in [3.05, 3.63) is 89.2 Å². The molecule has 1 heterocycles. The lowest BCUT2D eigenvalue weighted by molar-refractivity contribution is -0.137. The molecule has 0 radical (unpaired) electrons. The number of fused-ring (bicyclic) bond motifs is 3. The molecule has 0 spiro atoms. The first-order chi connectivity index (χ1) is 15.4. The van der Waals surface area contributed by atoms with Gasteiger partial charge in [-0.25, -0.2) is 9.78 Å². The van der Waals surface area contributed by atoms with E-state index < -0.39 is 17.8 Å². The third kappa shape index (κ3) is 4.75. The van der Waals surface area contributed by atoms with Crippen molar-refractivity contribution in [3.8, 4) is 23.0 Å². The minimum absolute atomic E-state index is 0.0278. The molecule has 0 saturated heterocycles. The fourth-order valence-corrected chi connectivity index (χ4v) is 3.70. The molecule has 3 aromatic rings. The summed E-state index contributed by atoms with van der Waals surface area (Å²) in [5.41, 5.74) is 3.78. The highest BCUT2D eigenvalue weighted by Gasteiger charge is 2.30. The van der Waals surface area contributed by atoms with Crippen LogP contribution in [-0.2, 0) is 10.9 Å². The van der Waals surface area contributed by atoms with Crippen molar-refractivity contribution in [2.45, 2.75) is 18.5 Å². The number of rotatable bonds is 4. The molecule has 4 rings (SSSR count). The molecule has 4 nitrogen and oxygen atoms in total. The van der Waals surface area contributed by atoms with E-state index in [0.717, 1.165) is 40.6 Å². The first-order valence-corrected chi connectivity index (χ1v) is 10.0. The number of hydrogen-bond donors (Lipinski definition) is 1. The van der Waals surface area contributed by atoms with Gasteiger partial charge >= 0.3 is 12.3 Å². The zero-order chi connectivity index (χ0) is 22.6. The van der Waals surface area contributed by atoms with E-state index in [0.29, 0.717) is 0 Å². The standard InChI is InChI=1S/C25H19F3N2O2/c26-25(27,28)17-12-14-29-18(15-17)7-5-6-13-30-24(31)32-16-23-21-10-3-1-8-19(21)20-9-2-4-11-22(20)23/h1-4,8-12,14-15,23H,6,13,16H2,(H,30,31). The van der Waals surface area contributed by atoms with Gasteiger partial charge in [-0.1, -0.05) is 54.5 Å². The van der Waals surface area contributed by atoms with E-state index in [2.05, 4.69) is 34.3 Å². The Morgan fingerprint density at radius 2 is 1.69 bits per heavy atom. The van der Waals surface area contributed by atoms with E-state index in [1.807, 2.05) is 36.4 Å². The third-order valence-corrected chi connectivity index (χ3v) is 5.17. The normalized spacial score (nSPS) is 12.3. The fourth-order valence-electron chi connectivity index (χ4n) is 3.70. The van der Waals surface area contributed by atoms with Crippen LogP contribution in [0.25, 0.3) is 11.1 Å². The third-order valence-electron chi connectivity index (χ3n) is 5.17. The van der Waals surface area contributed by atoms with Crippen molar-refractivity contribution in [2.75, 3.05) is 13.2 Å². The molecule has 2 aromatic carbocycles. The maximum absolute atomic E-state index is 12.7. The predicted octanol–water partition coefficient (Wildman–Crippen LogP) is 5.38. The molecule has 1 aliphatic rings. The van der Waals surface area contributed by atoms with Crippen LogP contribution in [0.15, 0.2) is 66.9 Å². The van der Waals surface area contributed by atoms with Crippen LogP contribution in [0.4, 0.5) is 18.0 Å². The summed E-state index contributed by atoms with van der Waals surface area (Å²) in [5.74, 6) is 5.26. The summed E-state index contributed by atoms with van der Waals surface area (Å²) in [6.45, 7) is 0.419. The second kappa shape index (κ2) is 9.15. The van der Waals surface area contributed by atoms with Gasteiger partial charge in [-0.15, -0.1) is 0 Å². The number of amides is 1. The number of pyridine rings is 1. The van der Waals surface area contributed by atoms with Crippen molar-refractivity contribution < 1.29 is 22.7 Å². The number of nitrogens with one attached hydrogen (secondary N) is 1. The Hall–Kier alpha value is -3.79. The molecular weight excluding hydrogens is 417 g/mol. The molecule has 0 atom stereocenters. The summed E-state index contributed by atoms with van der Waals surface area (Å²) in [4.78, 5) is 15.9. The molecule has 162 valence electrons. The van der Waals surface area contributed by atoms with E-state index in [1.165, 1.54) is 0 Å². The van der Waals surface area contributed by atoms with Gasteiger partial charge < -0.3 is 10.1 Å². The number of carbonyl (C=O) groups excluding carboxylic acids is 1. The maximum atomic E-state index is 12.7. The van der Waals surface area contributed by atoms with Crippen molar-refractivity contribution in [1.82, 2.24) is 10.3 Å². The topological polar surface area (TPSA) is 51.2 Å². The van der Waals surface area contributed by atoms with Crippen LogP contribution in [0.3, 0.4) is 0 Å². The number of nitrogens with zero attached hydrogens (tertiary/aromatic N) is 1. The highest BCUT2D eigenvalue weighted by atomic mass is 19.4. The summed E-state index contributed by atoms with van der Waals surface area (Å²) in [5, 5.41) is 2.61. The number of alkyl halides is 3. The second-order valence-corrected chi connectivity index (χ2v) is 7.23. The molecule has 0 saturated carbocycles. The average molecular weight is 436 g/mol. The van der Waals surface area contributed by atoms with Gasteiger partial charge in [-0.2, -0.15) is 13.2 Å². The van der Waals surface area contributed by atoms with Gasteiger partial charge in [0.25, 0.3) is 0 Å². The van der Waals surface area contributed by atoms with E-state index in [1.54, 1.807) is 0 Å². The Morgan fingerprint density at radius 3 is 2.34 bits per heavy atom. The van der Waals surface area contributed by atoms with Gasteiger partial charge in [-0.3, -0.25) is 0 Å². The van der Waals surface area contributed by atoms with E-state index in [4.69, 9.17) is 4.74 Å². The smallest absolute Gasteiger partial charge is 0.416 e. The summed E-state index contributed by atoms with van der Waals surface area (Å²) >= 11 is 0. The molecule has 1 N–H and O–H groups in total. The largest absolute Gasteiger partial charge is 0.449 e. The first-order valence-electron chi connectivity index (χ1n) is 10.0. The zero-order valence-corrected chi connectivity index (χ0v) is 16.9. The number of halogens is 3. The SMILES string of the molecule is O=C(NCCC#Cc1cc(C(F)(F)F)ccn1)OCC1c2ccccc2-c2ccccc21. The second-order valence-electron chi connectivity index (χ2n) is 7.23. The Labute approximate surface area is 183 Å². The quantitative estimate of drug-likeness (QED) is 0.441. The molecule has 1 amide bonds. The average Bonchev–Trinajstić information content (AvgIpc) is 3.11. The van der Waals surface area contributed by atoms with E-state index in [9.17, 15) is 18.0 Å². The van der Waals surface area contributed by atoms with Crippen LogP contribution in [0.5, 0.6) is 0 Å². The van der Waals surface area contributed by atoms with Crippen LogP contribution in [0, 0.1) is 11.8 Å². The lowest BCUT2D eigenvalue weighted by Crippen LogP contribution is -2.26. The van der Waals surface area contributed by atoms with E-state index >= 15 is 0 Å². The lowest BCUT2D eigenvalue weighted by Gasteiger charge is -2.14. The monoisotopic (exact) mass is 436 g/mol. The Balaban J connectivity index is 1.28. The first kappa shape index (κ1) is 21.4. The number of ether oxygens (including phenoxy) is 1. The Kier molecular flexibility index (Phi) is 6.13. The van der Waals surface area contributed by atoms with E-state index in [-0.39, 0.29) is 31.2 Å². The van der Waals surface area contributed by atoms with Crippen LogP contribution in [-0.4, -0.2) is 24.2 Å². The van der Waals surface area contributed by atoms with Crippen LogP contribution in [0.2, 0.25) is 0 Å². The van der Waals surface area contributed by atoms with Crippen molar-refractivity contribution in [1.29, 1.82) is 0 Å². The van der Waals surface area contributed by atoms with Gasteiger partial charge in [0.1, 0.15) is 12.3 Å². The molecule has 1 aromatic heterocycles. The highest BCUT2D eigenvalue weighted by molar-refractivity contribution is 5.79. The number of benzene rings is 2. The lowest BCUT2D eigenvalue weighted by atomic mass is 9.98. The fraction of sp³-hybridized carbons (Fsp3) is 0.200. The van der Waals surface area contributed by atoms with Gasteiger partial charge in [-0.05, 0) is 40.3 Å². The molecule has 0 fully saturated rings. The molecule has 0 unspecified atom stereocenters. The van der Waals surface area contributed by atoms with Crippen molar-refractivity contribution in [2.24, 2.45) is 0 Å². The Morgan fingerprint density at radius 1 is 1.03 bits per heavy atom. The van der Waals surface area contributed by atoms with Crippen LogP contribution < -0.4 is 5.32 Å². The zero-order valence-electron chi connectivity index (χ0n) is 16.9. The summed E-state index contributed by atoms with van der Waals surface area (Å²) in [6, 6.07) is 17.9. The summed E-state index contributed by atoms with van der Waals surface area (Å²) in [7, 11) is 0. The summed E-state index contributed by atoms with van der Waals surface area (Å²) in [6.07, 6.45) is -3.68. The molecule has 1 aliphatic carbocycles. The molecule has 0 aliphatic heterocycles. The van der Waals surface area contributed by atoms with Crippen molar-refractivity contribution >= 4 is 6.09 Å². The van der Waals surface area contributed by atoms with Gasteiger partial charge in [0.15, 0.2) is 0 Å². The molecule has 0 bridgehead atoms. The molecular formula is C25H19F3N2O2. The highest BCUT2D eigenvalue weighted by Crippen LogP contribution is 2.44. The van der Waals surface area contributed by atoms with Gasteiger partial charge in [0.2, 0.25) is 0 Å². The summed E-state index contributed by atoms with van der Waals surface area (Å²) < 4.78 is 43.6. The number of aromatic nitrogens is 1. The molecule has 32 heavy (non-hydrogen) atoms.